The molecule has 0 saturated heterocycles. The second-order valence-electron chi connectivity index (χ2n) is 0.683. The van der Waals surface area contributed by atoms with Gasteiger partial charge in [-0.15, -0.1) is 0 Å². The molecule has 36 valence electrons. The molecule has 0 aliphatic carbocycles. The van der Waals surface area contributed by atoms with Crippen molar-refractivity contribution in [2.24, 2.45) is 0 Å². The number of hydrogen-bond donors (Lipinski definition) is 0. The summed E-state index contributed by atoms with van der Waals surface area (Å²) < 4.78 is 16.6. The van der Waals surface area contributed by atoms with Crippen LogP contribution < -0.4 is 34.7 Å². The molecule has 0 N–H and O–H groups in total. The first kappa shape index (κ1) is 5.56. The molecule has 0 heterocycles. The van der Waals surface area contributed by atoms with Crippen molar-refractivity contribution in [2.75, 3.05) is 13.7 Å². The fraction of sp³-hybridized carbons (Fsp3) is 0.667. The number of carboxylic acids is 1. The molecule has 7 heavy (non-hydrogen) atoms. The predicted molar refractivity (Wildman–Crippen MR) is 16.9 cm³/mol. The fourth-order valence-electron chi connectivity index (χ4n) is 0.0680. The van der Waals surface area contributed by atoms with Crippen molar-refractivity contribution in [3.63, 3.8) is 0 Å². The minimum Gasteiger partial charge on any atom is -0.548 e. The largest absolute Gasteiger partial charge is 1.00 e. The monoisotopic (exact) mass is 114 g/mol. The molecule has 0 radical (unpaired) electrons. The van der Waals surface area contributed by atoms with E-state index >= 15 is 0 Å². The zero-order valence-electron chi connectivity index (χ0n) is 6.01. The van der Waals surface area contributed by atoms with Crippen LogP contribution in [0.25, 0.3) is 0 Å². The number of methoxy groups -OCH3 is 1. The summed E-state index contributed by atoms with van der Waals surface area (Å²) in [5, 5.41) is 9.50. The van der Waals surface area contributed by atoms with Crippen LogP contribution in [0.2, 0.25) is 0 Å². The first-order valence-corrected chi connectivity index (χ1v) is 1.29. The molecule has 0 aromatic rings. The zero-order valence-corrected chi connectivity index (χ0v) is 6.01. The molecule has 3 nitrogen and oxygen atoms in total. The maximum Gasteiger partial charge on any atom is 1.00 e. The maximum absolute atomic E-state index is 9.50. The summed E-state index contributed by atoms with van der Waals surface area (Å²) in [4.78, 5) is 9.50. The molecule has 0 aromatic heterocycles. The van der Waals surface area contributed by atoms with Crippen molar-refractivity contribution < 1.29 is 46.9 Å². The van der Waals surface area contributed by atoms with Crippen LogP contribution in [-0.2, 0) is 9.53 Å². The topological polar surface area (TPSA) is 49.4 Å². The number of carbonyl (C=O) groups excluding carboxylic acids is 1. The minimum atomic E-state index is -1.53. The Morgan fingerprint density at radius 3 is 2.86 bits per heavy atom. The predicted octanol–water partition coefficient (Wildman–Crippen LogP) is -4.61. The Labute approximate surface area is 66.8 Å². The van der Waals surface area contributed by atoms with Crippen LogP contribution in [0.4, 0.5) is 0 Å². The molecule has 0 unspecified atom stereocenters. The van der Waals surface area contributed by atoms with Crippen LogP contribution in [-0.4, -0.2) is 19.6 Å². The molecule has 0 bridgehead atoms. The van der Waals surface area contributed by atoms with Crippen molar-refractivity contribution in [3.05, 3.63) is 0 Å². The molecule has 0 saturated carbocycles. The molecule has 0 fully saturated rings. The number of rotatable bonds is 2. The van der Waals surface area contributed by atoms with Gasteiger partial charge in [-0.3, -0.25) is 0 Å². The molecule has 0 aliphatic heterocycles. The van der Waals surface area contributed by atoms with Gasteiger partial charge in [-0.05, 0) is 0 Å². The fourth-order valence-corrected chi connectivity index (χ4v) is 0.0680. The van der Waals surface area contributed by atoms with Crippen LogP contribution in [0.5, 0.6) is 0 Å². The van der Waals surface area contributed by atoms with Crippen molar-refractivity contribution >= 4 is 5.97 Å². The molecule has 0 rings (SSSR count). The Morgan fingerprint density at radius 2 is 2.71 bits per heavy atom. The minimum absolute atomic E-state index is 0. The van der Waals surface area contributed by atoms with Gasteiger partial charge in [0, 0.05) is 7.06 Å². The van der Waals surface area contributed by atoms with E-state index in [4.69, 9.17) is 2.74 Å². The SMILES string of the molecule is [2H]C([2H])OCC(=O)[O-].[Na+]. The smallest absolute Gasteiger partial charge is 0.548 e. The summed E-state index contributed by atoms with van der Waals surface area (Å²) in [5.74, 6) is -1.41. The van der Waals surface area contributed by atoms with E-state index in [1.54, 1.807) is 0 Å². The number of ether oxygens (including phenoxy) is 1. The Morgan fingerprint density at radius 1 is 2.14 bits per heavy atom. The van der Waals surface area contributed by atoms with E-state index in [0.717, 1.165) is 0 Å². The standard InChI is InChI=1S/C3H6O3.Na/c1-6-2-3(4)5;/h2H2,1H3,(H,4,5);/q;+1/p-1/i1D2;. The number of aliphatic carboxylic acids is 1. The third kappa shape index (κ3) is 10.7. The van der Waals surface area contributed by atoms with E-state index in [2.05, 4.69) is 4.74 Å². The molecule has 0 spiro atoms. The van der Waals surface area contributed by atoms with Crippen molar-refractivity contribution in [2.45, 2.75) is 0 Å². The number of carboxylic acid groups (broad SMARTS) is 1. The van der Waals surface area contributed by atoms with Crippen molar-refractivity contribution in [1.82, 2.24) is 0 Å². The van der Waals surface area contributed by atoms with Crippen molar-refractivity contribution in [1.29, 1.82) is 0 Å². The molecular formula is C3H5NaO3. The van der Waals surface area contributed by atoms with Gasteiger partial charge in [-0.25, -0.2) is 0 Å². The molecule has 0 aliphatic rings. The summed E-state index contributed by atoms with van der Waals surface area (Å²) in [6.07, 6.45) is 0. The summed E-state index contributed by atoms with van der Waals surface area (Å²) in [5.41, 5.74) is 0. The molecule has 0 aromatic carbocycles. The maximum atomic E-state index is 9.50. The van der Waals surface area contributed by atoms with Crippen LogP contribution >= 0.6 is 0 Å². The van der Waals surface area contributed by atoms with E-state index in [1.165, 1.54) is 0 Å². The molecule has 0 atom stereocenters. The van der Waals surface area contributed by atoms with Gasteiger partial charge in [0.1, 0.15) is 0 Å². The van der Waals surface area contributed by atoms with Crippen LogP contribution in [0, 0.1) is 0 Å². The second kappa shape index (κ2) is 6.43. The van der Waals surface area contributed by atoms with Crippen LogP contribution in [0.15, 0.2) is 0 Å². The summed E-state index contributed by atoms with van der Waals surface area (Å²) >= 11 is 0. The van der Waals surface area contributed by atoms with E-state index < -0.39 is 19.6 Å². The van der Waals surface area contributed by atoms with Crippen LogP contribution in [0.1, 0.15) is 2.74 Å². The summed E-state index contributed by atoms with van der Waals surface area (Å²) in [7, 11) is -1.53. The number of carbonyl (C=O) groups is 1. The average Bonchev–Trinajstić information content (AvgIpc) is 1.61. The quantitative estimate of drug-likeness (QED) is 0.339. The summed E-state index contributed by atoms with van der Waals surface area (Å²) in [6.45, 7) is -0.683. The van der Waals surface area contributed by atoms with Gasteiger partial charge in [-0.1, -0.05) is 0 Å². The summed E-state index contributed by atoms with van der Waals surface area (Å²) in [6, 6.07) is 0. The third-order valence-corrected chi connectivity index (χ3v) is 0.201. The Kier molecular flexibility index (Phi) is 5.11. The van der Waals surface area contributed by atoms with Gasteiger partial charge in [-0.2, -0.15) is 0 Å². The second-order valence-corrected chi connectivity index (χ2v) is 0.683. The zero-order chi connectivity index (χ0) is 6.57. The normalized spacial score (nSPS) is 11.6. The molecule has 0 amide bonds. The van der Waals surface area contributed by atoms with Gasteiger partial charge in [0.25, 0.3) is 0 Å². The Hall–Kier alpha value is 0.430. The Balaban J connectivity index is 0. The van der Waals surface area contributed by atoms with Gasteiger partial charge in [0.15, 0.2) is 0 Å². The average molecular weight is 114 g/mol. The van der Waals surface area contributed by atoms with Crippen molar-refractivity contribution in [3.8, 4) is 0 Å². The van der Waals surface area contributed by atoms with Gasteiger partial charge in [0.2, 0.25) is 0 Å². The van der Waals surface area contributed by atoms with E-state index in [-0.39, 0.29) is 29.6 Å². The molecular weight excluding hydrogens is 107 g/mol. The van der Waals surface area contributed by atoms with E-state index in [9.17, 15) is 9.90 Å². The van der Waals surface area contributed by atoms with Crippen LogP contribution in [0.3, 0.4) is 0 Å². The Bertz CT molecular complexity index is 87.1. The first-order chi connectivity index (χ1) is 3.63. The first-order valence-electron chi connectivity index (χ1n) is 2.44. The van der Waals surface area contributed by atoms with Gasteiger partial charge in [0.05, 0.1) is 15.3 Å². The van der Waals surface area contributed by atoms with E-state index in [1.807, 2.05) is 0 Å². The number of hydrogen-bond acceptors (Lipinski definition) is 3. The van der Waals surface area contributed by atoms with Gasteiger partial charge < -0.3 is 14.6 Å². The van der Waals surface area contributed by atoms with Gasteiger partial charge >= 0.3 is 29.6 Å². The van der Waals surface area contributed by atoms with E-state index in [0.29, 0.717) is 0 Å². The third-order valence-electron chi connectivity index (χ3n) is 0.201. The molecule has 4 heteroatoms.